The SMILES string of the molecule is C[C@@H](OC(=O)c1ccccc1[S@@](C)=O)C(=O)NC12CC3CC(CC(C3)C1)C2. The molecule has 4 fully saturated rings. The second-order valence-electron chi connectivity index (χ2n) is 8.68. The topological polar surface area (TPSA) is 72.5 Å². The van der Waals surface area contributed by atoms with E-state index in [-0.39, 0.29) is 17.0 Å². The normalized spacial score (nSPS) is 33.3. The molecule has 1 amide bonds. The average molecular weight is 390 g/mol. The van der Waals surface area contributed by atoms with Crippen LogP contribution in [0.3, 0.4) is 0 Å². The summed E-state index contributed by atoms with van der Waals surface area (Å²) >= 11 is 0. The lowest BCUT2D eigenvalue weighted by atomic mass is 9.53. The molecule has 1 aromatic carbocycles. The van der Waals surface area contributed by atoms with Crippen LogP contribution in [0, 0.1) is 17.8 Å². The summed E-state index contributed by atoms with van der Waals surface area (Å²) in [5.74, 6) is 1.39. The number of hydrogen-bond donors (Lipinski definition) is 1. The molecular formula is C21H27NO4S. The van der Waals surface area contributed by atoms with Crippen LogP contribution in [0.15, 0.2) is 29.2 Å². The van der Waals surface area contributed by atoms with Crippen LogP contribution in [0.2, 0.25) is 0 Å². The Morgan fingerprint density at radius 2 is 1.67 bits per heavy atom. The third kappa shape index (κ3) is 3.68. The molecule has 1 aromatic rings. The van der Waals surface area contributed by atoms with Crippen molar-refractivity contribution in [2.75, 3.05) is 6.26 Å². The Kier molecular flexibility index (Phi) is 4.87. The molecular weight excluding hydrogens is 362 g/mol. The molecule has 0 spiro atoms. The molecule has 5 rings (SSSR count). The van der Waals surface area contributed by atoms with Crippen molar-refractivity contribution in [1.82, 2.24) is 5.32 Å². The standard InChI is InChI=1S/C21H27NO4S/c1-13(26-20(24)17-5-3-4-6-18(17)27(2)25)19(23)22-21-10-14-7-15(11-21)9-16(8-14)12-21/h3-6,13-16H,7-12H2,1-2H3,(H,22,23)/t13-,14?,15?,16?,21?,27-/m1/s1. The predicted octanol–water partition coefficient (Wildman–Crippen LogP) is 3.05. The molecule has 4 aliphatic rings. The zero-order valence-corrected chi connectivity index (χ0v) is 16.7. The Bertz CT molecular complexity index is 755. The van der Waals surface area contributed by atoms with E-state index in [1.165, 1.54) is 25.5 Å². The van der Waals surface area contributed by atoms with Crippen LogP contribution in [-0.4, -0.2) is 34.0 Å². The van der Waals surface area contributed by atoms with E-state index in [0.717, 1.165) is 37.0 Å². The summed E-state index contributed by atoms with van der Waals surface area (Å²) in [6.07, 6.45) is 7.76. The van der Waals surface area contributed by atoms with Gasteiger partial charge in [0.2, 0.25) is 0 Å². The number of carbonyl (C=O) groups is 2. The van der Waals surface area contributed by atoms with Gasteiger partial charge in [-0.05, 0) is 75.3 Å². The van der Waals surface area contributed by atoms with E-state index in [1.807, 2.05) is 0 Å². The largest absolute Gasteiger partial charge is 0.449 e. The summed E-state index contributed by atoms with van der Waals surface area (Å²) in [6.45, 7) is 1.61. The number of ether oxygens (including phenoxy) is 1. The highest BCUT2D eigenvalue weighted by atomic mass is 32.2. The minimum absolute atomic E-state index is 0.102. The molecule has 5 nitrogen and oxygen atoms in total. The first kappa shape index (κ1) is 18.7. The van der Waals surface area contributed by atoms with Crippen molar-refractivity contribution < 1.29 is 18.5 Å². The molecule has 0 radical (unpaired) electrons. The highest BCUT2D eigenvalue weighted by Gasteiger charge is 2.51. The Hall–Kier alpha value is -1.69. The van der Waals surface area contributed by atoms with Gasteiger partial charge in [0.1, 0.15) is 0 Å². The fourth-order valence-electron chi connectivity index (χ4n) is 5.79. The number of amides is 1. The van der Waals surface area contributed by atoms with Gasteiger partial charge in [0.15, 0.2) is 6.10 Å². The number of hydrogen-bond acceptors (Lipinski definition) is 4. The van der Waals surface area contributed by atoms with E-state index >= 15 is 0 Å². The average Bonchev–Trinajstić information content (AvgIpc) is 2.59. The van der Waals surface area contributed by atoms with Gasteiger partial charge in [0.05, 0.1) is 21.3 Å². The molecule has 0 unspecified atom stereocenters. The molecule has 27 heavy (non-hydrogen) atoms. The Balaban J connectivity index is 1.42. The summed E-state index contributed by atoms with van der Waals surface area (Å²) in [4.78, 5) is 25.7. The molecule has 6 heteroatoms. The van der Waals surface area contributed by atoms with E-state index in [4.69, 9.17) is 4.74 Å². The molecule has 4 aliphatic carbocycles. The van der Waals surface area contributed by atoms with Crippen LogP contribution in [0.4, 0.5) is 0 Å². The van der Waals surface area contributed by atoms with E-state index in [1.54, 1.807) is 31.2 Å². The van der Waals surface area contributed by atoms with Gasteiger partial charge in [0.25, 0.3) is 5.91 Å². The van der Waals surface area contributed by atoms with Gasteiger partial charge in [-0.15, -0.1) is 0 Å². The fraction of sp³-hybridized carbons (Fsp3) is 0.619. The van der Waals surface area contributed by atoms with Crippen LogP contribution in [0.1, 0.15) is 55.8 Å². The monoisotopic (exact) mass is 389 g/mol. The van der Waals surface area contributed by atoms with Crippen molar-refractivity contribution in [2.45, 2.75) is 62.0 Å². The molecule has 4 saturated carbocycles. The van der Waals surface area contributed by atoms with Gasteiger partial charge in [-0.3, -0.25) is 9.00 Å². The van der Waals surface area contributed by atoms with Crippen molar-refractivity contribution in [3.8, 4) is 0 Å². The van der Waals surface area contributed by atoms with Gasteiger partial charge in [0, 0.05) is 11.8 Å². The van der Waals surface area contributed by atoms with Crippen molar-refractivity contribution in [2.24, 2.45) is 17.8 Å². The number of esters is 1. The summed E-state index contributed by atoms with van der Waals surface area (Å²) in [5, 5.41) is 3.24. The summed E-state index contributed by atoms with van der Waals surface area (Å²) < 4.78 is 17.2. The summed E-state index contributed by atoms with van der Waals surface area (Å²) in [5.41, 5.74) is 0.155. The smallest absolute Gasteiger partial charge is 0.340 e. The molecule has 0 heterocycles. The zero-order chi connectivity index (χ0) is 19.2. The Labute approximate surface area is 162 Å². The molecule has 0 saturated heterocycles. The summed E-state index contributed by atoms with van der Waals surface area (Å²) in [7, 11) is -1.30. The second-order valence-corrected chi connectivity index (χ2v) is 10.0. The number of benzene rings is 1. The van der Waals surface area contributed by atoms with E-state index < -0.39 is 22.9 Å². The van der Waals surface area contributed by atoms with Crippen molar-refractivity contribution in [3.63, 3.8) is 0 Å². The minimum atomic E-state index is -1.30. The van der Waals surface area contributed by atoms with Gasteiger partial charge in [-0.1, -0.05) is 12.1 Å². The van der Waals surface area contributed by atoms with E-state index in [0.29, 0.717) is 4.90 Å². The quantitative estimate of drug-likeness (QED) is 0.786. The fourth-order valence-corrected chi connectivity index (χ4v) is 6.52. The number of carbonyl (C=O) groups excluding carboxylic acids is 2. The Morgan fingerprint density at radius 3 is 2.22 bits per heavy atom. The second kappa shape index (κ2) is 7.04. The lowest BCUT2D eigenvalue weighted by molar-refractivity contribution is -0.134. The molecule has 0 aromatic heterocycles. The van der Waals surface area contributed by atoms with E-state index in [9.17, 15) is 13.8 Å². The number of rotatable bonds is 5. The minimum Gasteiger partial charge on any atom is -0.449 e. The third-order valence-corrected chi connectivity index (χ3v) is 7.47. The van der Waals surface area contributed by atoms with Gasteiger partial charge < -0.3 is 10.1 Å². The van der Waals surface area contributed by atoms with Crippen LogP contribution in [0.5, 0.6) is 0 Å². The zero-order valence-electron chi connectivity index (χ0n) is 15.9. The highest BCUT2D eigenvalue weighted by Crippen LogP contribution is 2.55. The molecule has 2 atom stereocenters. The lowest BCUT2D eigenvalue weighted by Gasteiger charge is -2.57. The number of nitrogens with one attached hydrogen (secondary N) is 1. The van der Waals surface area contributed by atoms with Crippen molar-refractivity contribution in [1.29, 1.82) is 0 Å². The van der Waals surface area contributed by atoms with Gasteiger partial charge in [-0.25, -0.2) is 4.79 Å². The van der Waals surface area contributed by atoms with Crippen LogP contribution >= 0.6 is 0 Å². The third-order valence-electron chi connectivity index (χ3n) is 6.50. The van der Waals surface area contributed by atoms with Crippen LogP contribution in [0.25, 0.3) is 0 Å². The van der Waals surface area contributed by atoms with E-state index in [2.05, 4.69) is 5.32 Å². The van der Waals surface area contributed by atoms with Crippen LogP contribution in [-0.2, 0) is 20.3 Å². The molecule has 4 bridgehead atoms. The maximum atomic E-state index is 12.8. The first-order chi connectivity index (χ1) is 12.8. The van der Waals surface area contributed by atoms with Gasteiger partial charge >= 0.3 is 5.97 Å². The molecule has 146 valence electrons. The van der Waals surface area contributed by atoms with Gasteiger partial charge in [-0.2, -0.15) is 0 Å². The predicted molar refractivity (Wildman–Crippen MR) is 103 cm³/mol. The van der Waals surface area contributed by atoms with Crippen LogP contribution < -0.4 is 5.32 Å². The maximum Gasteiger partial charge on any atom is 0.340 e. The van der Waals surface area contributed by atoms with Crippen molar-refractivity contribution >= 4 is 22.7 Å². The Morgan fingerprint density at radius 1 is 1.11 bits per heavy atom. The first-order valence-electron chi connectivity index (χ1n) is 9.81. The first-order valence-corrected chi connectivity index (χ1v) is 11.4. The lowest BCUT2D eigenvalue weighted by Crippen LogP contribution is -2.61. The molecule has 0 aliphatic heterocycles. The van der Waals surface area contributed by atoms with Crippen molar-refractivity contribution in [3.05, 3.63) is 29.8 Å². The summed E-state index contributed by atoms with van der Waals surface area (Å²) in [6, 6.07) is 6.67. The molecule has 1 N–H and O–H groups in total. The highest BCUT2D eigenvalue weighted by molar-refractivity contribution is 7.84. The maximum absolute atomic E-state index is 12.8.